The zero-order valence-electron chi connectivity index (χ0n) is 16.4. The lowest BCUT2D eigenvalue weighted by Gasteiger charge is -2.32. The summed E-state index contributed by atoms with van der Waals surface area (Å²) in [6.07, 6.45) is -5.29. The Bertz CT molecular complexity index is 1160. The molecule has 2 aromatic carbocycles. The number of carbonyl (C=O) groups is 1. The van der Waals surface area contributed by atoms with Crippen LogP contribution in [0.3, 0.4) is 0 Å². The van der Waals surface area contributed by atoms with Gasteiger partial charge in [-0.15, -0.1) is 0 Å². The van der Waals surface area contributed by atoms with Crippen LogP contribution in [0.25, 0.3) is 11.3 Å². The lowest BCUT2D eigenvalue weighted by atomic mass is 9.99. The highest BCUT2D eigenvalue weighted by Crippen LogP contribution is 2.31. The van der Waals surface area contributed by atoms with Gasteiger partial charge in [0.05, 0.1) is 11.3 Å². The summed E-state index contributed by atoms with van der Waals surface area (Å²) in [6.45, 7) is 0. The molecule has 0 bridgehead atoms. The van der Waals surface area contributed by atoms with Crippen molar-refractivity contribution in [1.29, 1.82) is 0 Å². The number of amides is 1. The zero-order chi connectivity index (χ0) is 23.0. The van der Waals surface area contributed by atoms with Crippen LogP contribution in [0.2, 0.25) is 0 Å². The quantitative estimate of drug-likeness (QED) is 0.525. The summed E-state index contributed by atoms with van der Waals surface area (Å²) in [4.78, 5) is 16.2. The van der Waals surface area contributed by atoms with Crippen LogP contribution in [0.5, 0.6) is 0 Å². The molecule has 2 heterocycles. The third kappa shape index (κ3) is 4.54. The predicted octanol–water partition coefficient (Wildman–Crippen LogP) is 4.10. The second-order valence-corrected chi connectivity index (χ2v) is 7.41. The van der Waals surface area contributed by atoms with Crippen molar-refractivity contribution in [2.75, 3.05) is 5.32 Å². The molecule has 32 heavy (non-hydrogen) atoms. The highest BCUT2D eigenvalue weighted by atomic mass is 19.4. The maximum atomic E-state index is 13.4. The minimum Gasteiger partial charge on any atom is -0.363 e. The molecular weight excluding hydrogens is 431 g/mol. The fraction of sp³-hybridized carbons (Fsp3) is 0.182. The average Bonchev–Trinajstić information content (AvgIpc) is 2.72. The first-order chi connectivity index (χ1) is 15.1. The molecule has 4 N–H and O–H groups in total. The van der Waals surface area contributed by atoms with Crippen molar-refractivity contribution in [3.05, 3.63) is 83.1 Å². The van der Waals surface area contributed by atoms with Gasteiger partial charge >= 0.3 is 6.18 Å². The molecule has 10 heteroatoms. The molecule has 4 rings (SSSR count). The standard InChI is InChI=1S/C22H17F5N4O/c23-13-6-11(7-14(24)10-13)8-16(28)20-30-18-9-12(4-5-15(18)21(32)31-20)17-2-1-3-19(29-17)22(25,26)27/h1-7,9-10,16,20,30H,8,28H2,(H,31,32). The Kier molecular flexibility index (Phi) is 5.55. The number of hydrogen-bond donors (Lipinski definition) is 3. The first kappa shape index (κ1) is 21.7. The molecule has 0 saturated carbocycles. The summed E-state index contributed by atoms with van der Waals surface area (Å²) < 4.78 is 65.9. The Morgan fingerprint density at radius 3 is 2.41 bits per heavy atom. The third-order valence-electron chi connectivity index (χ3n) is 5.02. The van der Waals surface area contributed by atoms with Gasteiger partial charge in [0.15, 0.2) is 0 Å². The van der Waals surface area contributed by atoms with Crippen LogP contribution in [-0.2, 0) is 12.6 Å². The maximum Gasteiger partial charge on any atom is 0.433 e. The highest BCUT2D eigenvalue weighted by molar-refractivity contribution is 6.02. The van der Waals surface area contributed by atoms with E-state index in [0.29, 0.717) is 16.8 Å². The molecule has 2 atom stereocenters. The average molecular weight is 448 g/mol. The Hall–Kier alpha value is -3.53. The van der Waals surface area contributed by atoms with Crippen molar-refractivity contribution in [3.63, 3.8) is 0 Å². The van der Waals surface area contributed by atoms with E-state index in [9.17, 15) is 26.7 Å². The monoisotopic (exact) mass is 448 g/mol. The fourth-order valence-electron chi connectivity index (χ4n) is 3.53. The summed E-state index contributed by atoms with van der Waals surface area (Å²) in [5.41, 5.74) is 6.55. The Morgan fingerprint density at radius 1 is 1.00 bits per heavy atom. The highest BCUT2D eigenvalue weighted by Gasteiger charge is 2.33. The van der Waals surface area contributed by atoms with Crippen LogP contribution in [0.15, 0.2) is 54.6 Å². The van der Waals surface area contributed by atoms with Crippen molar-refractivity contribution in [2.45, 2.75) is 24.8 Å². The number of rotatable bonds is 4. The molecule has 1 amide bonds. The van der Waals surface area contributed by atoms with Crippen LogP contribution in [-0.4, -0.2) is 23.1 Å². The van der Waals surface area contributed by atoms with Crippen LogP contribution < -0.4 is 16.4 Å². The number of carbonyl (C=O) groups excluding carboxylic acids is 1. The van der Waals surface area contributed by atoms with Crippen molar-refractivity contribution in [1.82, 2.24) is 10.3 Å². The number of fused-ring (bicyclic) bond motifs is 1. The molecule has 0 fully saturated rings. The molecule has 5 nitrogen and oxygen atoms in total. The molecule has 1 aliphatic heterocycles. The number of halogens is 5. The van der Waals surface area contributed by atoms with Gasteiger partial charge in [-0.05, 0) is 48.4 Å². The van der Waals surface area contributed by atoms with Gasteiger partial charge in [-0.1, -0.05) is 12.1 Å². The number of anilines is 1. The van der Waals surface area contributed by atoms with Crippen LogP contribution >= 0.6 is 0 Å². The number of nitrogens with one attached hydrogen (secondary N) is 2. The molecule has 1 aliphatic rings. The normalized spacial score (nSPS) is 16.7. The minimum atomic E-state index is -4.59. The van der Waals surface area contributed by atoms with Gasteiger partial charge in [0.25, 0.3) is 5.91 Å². The van der Waals surface area contributed by atoms with Gasteiger partial charge in [0.2, 0.25) is 0 Å². The van der Waals surface area contributed by atoms with Crippen LogP contribution in [0, 0.1) is 11.6 Å². The van der Waals surface area contributed by atoms with Gasteiger partial charge in [0, 0.05) is 23.4 Å². The largest absolute Gasteiger partial charge is 0.433 e. The molecule has 166 valence electrons. The smallest absolute Gasteiger partial charge is 0.363 e. The Labute approximate surface area is 179 Å². The first-order valence-electron chi connectivity index (χ1n) is 9.57. The van der Waals surface area contributed by atoms with E-state index in [1.807, 2.05) is 0 Å². The van der Waals surface area contributed by atoms with E-state index in [-0.39, 0.29) is 17.7 Å². The summed E-state index contributed by atoms with van der Waals surface area (Å²) in [7, 11) is 0. The first-order valence-corrected chi connectivity index (χ1v) is 9.57. The van der Waals surface area contributed by atoms with Crippen molar-refractivity contribution in [3.8, 4) is 11.3 Å². The van der Waals surface area contributed by atoms with E-state index in [4.69, 9.17) is 5.73 Å². The van der Waals surface area contributed by atoms with Crippen LogP contribution in [0.4, 0.5) is 27.6 Å². The lowest BCUT2D eigenvalue weighted by Crippen LogP contribution is -2.55. The molecular formula is C22H17F5N4O. The Morgan fingerprint density at radius 2 is 1.72 bits per heavy atom. The van der Waals surface area contributed by atoms with E-state index in [1.165, 1.54) is 30.3 Å². The topological polar surface area (TPSA) is 80.0 Å². The fourth-order valence-corrected chi connectivity index (χ4v) is 3.53. The van der Waals surface area contributed by atoms with Gasteiger partial charge in [-0.3, -0.25) is 4.79 Å². The van der Waals surface area contributed by atoms with E-state index >= 15 is 0 Å². The van der Waals surface area contributed by atoms with E-state index in [1.54, 1.807) is 0 Å². The van der Waals surface area contributed by atoms with Gasteiger partial charge in [0.1, 0.15) is 23.5 Å². The van der Waals surface area contributed by atoms with Gasteiger partial charge in [-0.25, -0.2) is 13.8 Å². The summed E-state index contributed by atoms with van der Waals surface area (Å²) in [6, 6.07) is 10.3. The summed E-state index contributed by atoms with van der Waals surface area (Å²) in [5, 5.41) is 5.72. The van der Waals surface area contributed by atoms with Crippen molar-refractivity contribution >= 4 is 11.6 Å². The summed E-state index contributed by atoms with van der Waals surface area (Å²) in [5.74, 6) is -1.92. The Balaban J connectivity index is 1.59. The molecule has 1 aromatic heterocycles. The predicted molar refractivity (Wildman–Crippen MR) is 108 cm³/mol. The number of pyridine rings is 1. The number of alkyl halides is 3. The molecule has 0 saturated heterocycles. The van der Waals surface area contributed by atoms with E-state index in [0.717, 1.165) is 24.3 Å². The molecule has 0 radical (unpaired) electrons. The summed E-state index contributed by atoms with van der Waals surface area (Å²) >= 11 is 0. The van der Waals surface area contributed by atoms with E-state index < -0.39 is 41.6 Å². The number of aromatic nitrogens is 1. The van der Waals surface area contributed by atoms with Crippen molar-refractivity contribution in [2.24, 2.45) is 5.73 Å². The zero-order valence-corrected chi connectivity index (χ0v) is 16.4. The second kappa shape index (κ2) is 8.19. The third-order valence-corrected chi connectivity index (χ3v) is 5.02. The van der Waals surface area contributed by atoms with E-state index in [2.05, 4.69) is 15.6 Å². The molecule has 0 aliphatic carbocycles. The molecule has 3 aromatic rings. The SMILES string of the molecule is NC(Cc1cc(F)cc(F)c1)C1NC(=O)c2ccc(-c3cccc(C(F)(F)F)n3)cc2N1. The number of hydrogen-bond acceptors (Lipinski definition) is 4. The molecule has 2 unspecified atom stereocenters. The van der Waals surface area contributed by atoms with Crippen LogP contribution in [0.1, 0.15) is 21.6 Å². The van der Waals surface area contributed by atoms with Gasteiger partial charge in [-0.2, -0.15) is 13.2 Å². The number of nitrogens with zero attached hydrogens (tertiary/aromatic N) is 1. The van der Waals surface area contributed by atoms with Crippen molar-refractivity contribution < 1.29 is 26.7 Å². The minimum absolute atomic E-state index is 0.0663. The second-order valence-electron chi connectivity index (χ2n) is 7.41. The lowest BCUT2D eigenvalue weighted by molar-refractivity contribution is -0.141. The molecule has 0 spiro atoms. The number of nitrogens with two attached hydrogens (primary N) is 1. The maximum absolute atomic E-state index is 13.4. The van der Waals surface area contributed by atoms with Gasteiger partial charge < -0.3 is 16.4 Å². The number of benzene rings is 2.